The summed E-state index contributed by atoms with van der Waals surface area (Å²) in [5.74, 6) is 1.16. The number of nitrogens with zero attached hydrogens (tertiary/aromatic N) is 3. The first-order chi connectivity index (χ1) is 13.6. The summed E-state index contributed by atoms with van der Waals surface area (Å²) >= 11 is 5.97. The minimum Gasteiger partial charge on any atom is -0.496 e. The Morgan fingerprint density at radius 2 is 2.21 bits per heavy atom. The van der Waals surface area contributed by atoms with Crippen LogP contribution in [0.4, 0.5) is 0 Å². The Balaban J connectivity index is 1.49. The number of methoxy groups -OCH3 is 1. The summed E-state index contributed by atoms with van der Waals surface area (Å²) in [4.78, 5) is 25.2. The first kappa shape index (κ1) is 18.4. The summed E-state index contributed by atoms with van der Waals surface area (Å²) < 4.78 is 13.6. The van der Waals surface area contributed by atoms with E-state index in [-0.39, 0.29) is 30.7 Å². The molecule has 2 heterocycles. The van der Waals surface area contributed by atoms with Crippen LogP contribution in [-0.2, 0) is 6.54 Å². The number of benzene rings is 1. The van der Waals surface area contributed by atoms with Crippen molar-refractivity contribution in [2.45, 2.75) is 25.4 Å². The van der Waals surface area contributed by atoms with Crippen molar-refractivity contribution < 1.29 is 13.9 Å². The molecule has 0 saturated heterocycles. The van der Waals surface area contributed by atoms with Gasteiger partial charge in [-0.25, -0.2) is 9.48 Å². The lowest BCUT2D eigenvalue weighted by molar-refractivity contribution is 0.0948. The zero-order chi connectivity index (χ0) is 19.7. The average molecular weight is 403 g/mol. The minimum absolute atomic E-state index is 0.159. The van der Waals surface area contributed by atoms with Crippen LogP contribution in [-0.4, -0.2) is 33.9 Å². The van der Waals surface area contributed by atoms with Gasteiger partial charge in [-0.3, -0.25) is 9.36 Å². The van der Waals surface area contributed by atoms with Gasteiger partial charge in [-0.15, -0.1) is 5.10 Å². The number of ether oxygens (including phenoxy) is 1. The molecule has 146 valence electrons. The lowest BCUT2D eigenvalue weighted by atomic mass is 10.2. The van der Waals surface area contributed by atoms with Crippen molar-refractivity contribution in [3.05, 3.63) is 57.7 Å². The summed E-state index contributed by atoms with van der Waals surface area (Å²) in [5, 5.41) is 7.62. The van der Waals surface area contributed by atoms with Crippen LogP contribution in [0, 0.1) is 0 Å². The van der Waals surface area contributed by atoms with Crippen molar-refractivity contribution >= 4 is 17.5 Å². The van der Waals surface area contributed by atoms with Gasteiger partial charge >= 0.3 is 5.69 Å². The van der Waals surface area contributed by atoms with Crippen LogP contribution in [0.2, 0.25) is 5.02 Å². The number of aromatic nitrogens is 3. The Hall–Kier alpha value is -3.00. The van der Waals surface area contributed by atoms with Gasteiger partial charge in [0.1, 0.15) is 5.75 Å². The van der Waals surface area contributed by atoms with Crippen LogP contribution in [0.1, 0.15) is 29.2 Å². The molecular formula is C19H19ClN4O4. The topological polar surface area (TPSA) is 91.3 Å². The van der Waals surface area contributed by atoms with Crippen molar-refractivity contribution in [1.82, 2.24) is 19.7 Å². The van der Waals surface area contributed by atoms with Crippen LogP contribution in [0.25, 0.3) is 11.6 Å². The summed E-state index contributed by atoms with van der Waals surface area (Å²) in [7, 11) is 1.49. The van der Waals surface area contributed by atoms with Crippen LogP contribution in [0.15, 0.2) is 45.8 Å². The van der Waals surface area contributed by atoms with Gasteiger partial charge in [0, 0.05) is 17.6 Å². The van der Waals surface area contributed by atoms with Crippen LogP contribution in [0.3, 0.4) is 0 Å². The predicted molar refractivity (Wildman–Crippen MR) is 103 cm³/mol. The van der Waals surface area contributed by atoms with Crippen molar-refractivity contribution in [2.75, 3.05) is 13.7 Å². The number of furan rings is 1. The van der Waals surface area contributed by atoms with Gasteiger partial charge in [-0.1, -0.05) is 11.6 Å². The van der Waals surface area contributed by atoms with Crippen LogP contribution in [0.5, 0.6) is 5.75 Å². The van der Waals surface area contributed by atoms with Crippen LogP contribution >= 0.6 is 11.6 Å². The average Bonchev–Trinajstić information content (AvgIpc) is 3.26. The largest absolute Gasteiger partial charge is 0.496 e. The van der Waals surface area contributed by atoms with E-state index in [4.69, 9.17) is 20.8 Å². The first-order valence-electron chi connectivity index (χ1n) is 8.93. The molecule has 1 aliphatic carbocycles. The molecule has 1 aliphatic rings. The van der Waals surface area contributed by atoms with E-state index in [0.717, 1.165) is 12.8 Å². The quantitative estimate of drug-likeness (QED) is 0.656. The third-order valence-electron chi connectivity index (χ3n) is 4.54. The lowest BCUT2D eigenvalue weighted by Gasteiger charge is -2.09. The van der Waals surface area contributed by atoms with Gasteiger partial charge in [0.25, 0.3) is 5.91 Å². The van der Waals surface area contributed by atoms with Crippen LogP contribution < -0.4 is 15.7 Å². The Morgan fingerprint density at radius 3 is 2.89 bits per heavy atom. The summed E-state index contributed by atoms with van der Waals surface area (Å²) in [6.45, 7) is 0.467. The van der Waals surface area contributed by atoms with Gasteiger partial charge < -0.3 is 14.5 Å². The SMILES string of the molecule is COc1ccc(Cl)cc1C(=O)NCCn1nc(-c2ccco2)n(C2CC2)c1=O. The van der Waals surface area contributed by atoms with E-state index in [1.54, 1.807) is 41.2 Å². The van der Waals surface area contributed by atoms with Crippen molar-refractivity contribution in [1.29, 1.82) is 0 Å². The molecule has 1 amide bonds. The van der Waals surface area contributed by atoms with E-state index in [2.05, 4.69) is 10.4 Å². The van der Waals surface area contributed by atoms with Crippen molar-refractivity contribution in [3.63, 3.8) is 0 Å². The van der Waals surface area contributed by atoms with Gasteiger partial charge in [-0.05, 0) is 43.2 Å². The highest BCUT2D eigenvalue weighted by atomic mass is 35.5. The smallest absolute Gasteiger partial charge is 0.346 e. The second-order valence-electron chi connectivity index (χ2n) is 6.51. The minimum atomic E-state index is -0.333. The highest BCUT2D eigenvalue weighted by Gasteiger charge is 2.31. The van der Waals surface area contributed by atoms with Gasteiger partial charge in [0.15, 0.2) is 5.76 Å². The van der Waals surface area contributed by atoms with Gasteiger partial charge in [0.2, 0.25) is 5.82 Å². The number of halogens is 1. The third-order valence-corrected chi connectivity index (χ3v) is 4.77. The Kier molecular flexibility index (Phi) is 4.95. The Bertz CT molecular complexity index is 1050. The molecule has 0 atom stereocenters. The maximum atomic E-state index is 12.7. The summed E-state index contributed by atoms with van der Waals surface area (Å²) in [6, 6.07) is 8.52. The molecule has 3 aromatic rings. The number of hydrogen-bond donors (Lipinski definition) is 1. The van der Waals surface area contributed by atoms with E-state index in [1.807, 2.05) is 0 Å². The van der Waals surface area contributed by atoms with Gasteiger partial charge in [-0.2, -0.15) is 0 Å². The highest BCUT2D eigenvalue weighted by Crippen LogP contribution is 2.36. The molecule has 1 saturated carbocycles. The highest BCUT2D eigenvalue weighted by molar-refractivity contribution is 6.31. The molecule has 1 fully saturated rings. The van der Waals surface area contributed by atoms with E-state index in [9.17, 15) is 9.59 Å². The number of carbonyl (C=O) groups is 1. The molecule has 2 aromatic heterocycles. The van der Waals surface area contributed by atoms with E-state index in [0.29, 0.717) is 27.9 Å². The first-order valence-corrected chi connectivity index (χ1v) is 9.31. The van der Waals surface area contributed by atoms with E-state index >= 15 is 0 Å². The molecule has 0 bridgehead atoms. The van der Waals surface area contributed by atoms with E-state index < -0.39 is 0 Å². The molecule has 0 spiro atoms. The molecule has 1 N–H and O–H groups in total. The molecule has 0 aliphatic heterocycles. The standard InChI is InChI=1S/C19H19ClN4O4/c1-27-15-7-4-12(20)11-14(15)18(25)21-8-9-23-19(26)24(13-5-6-13)17(22-23)16-3-2-10-28-16/h2-4,7,10-11,13H,5-6,8-9H2,1H3,(H,21,25). The lowest BCUT2D eigenvalue weighted by Crippen LogP contribution is -2.32. The van der Waals surface area contributed by atoms with Crippen molar-refractivity contribution in [3.8, 4) is 17.3 Å². The monoisotopic (exact) mass is 402 g/mol. The third kappa shape index (κ3) is 3.55. The molecule has 28 heavy (non-hydrogen) atoms. The predicted octanol–water partition coefficient (Wildman–Crippen LogP) is 2.73. The number of rotatable bonds is 7. The Morgan fingerprint density at radius 1 is 1.39 bits per heavy atom. The number of amides is 1. The molecule has 0 unspecified atom stereocenters. The molecule has 9 heteroatoms. The van der Waals surface area contributed by atoms with E-state index in [1.165, 1.54) is 11.8 Å². The zero-order valence-corrected chi connectivity index (χ0v) is 16.0. The number of nitrogens with one attached hydrogen (secondary N) is 1. The molecule has 1 aromatic carbocycles. The molecule has 8 nitrogen and oxygen atoms in total. The normalized spacial score (nSPS) is 13.5. The zero-order valence-electron chi connectivity index (χ0n) is 15.2. The second-order valence-corrected chi connectivity index (χ2v) is 6.94. The maximum Gasteiger partial charge on any atom is 0.346 e. The second kappa shape index (κ2) is 7.55. The van der Waals surface area contributed by atoms with Crippen molar-refractivity contribution in [2.24, 2.45) is 0 Å². The Labute approximate surface area is 165 Å². The molecular weight excluding hydrogens is 384 g/mol. The number of hydrogen-bond acceptors (Lipinski definition) is 5. The van der Waals surface area contributed by atoms with Gasteiger partial charge in [0.05, 0.1) is 25.5 Å². The fourth-order valence-corrected chi connectivity index (χ4v) is 3.20. The number of carbonyl (C=O) groups excluding carboxylic acids is 1. The summed E-state index contributed by atoms with van der Waals surface area (Å²) in [5.41, 5.74) is 0.130. The fraction of sp³-hybridized carbons (Fsp3) is 0.316. The maximum absolute atomic E-state index is 12.7. The molecule has 0 radical (unpaired) electrons. The molecule has 4 rings (SSSR count). The fourth-order valence-electron chi connectivity index (χ4n) is 3.03. The summed E-state index contributed by atoms with van der Waals surface area (Å²) in [6.07, 6.45) is 3.45.